The first-order chi connectivity index (χ1) is 6.24. The van der Waals surface area contributed by atoms with Gasteiger partial charge in [0.15, 0.2) is 0 Å². The van der Waals surface area contributed by atoms with Crippen LogP contribution in [0.4, 0.5) is 5.82 Å². The lowest BCUT2D eigenvalue weighted by atomic mass is 10.2. The number of fused-ring (bicyclic) bond motifs is 1. The molecule has 1 aromatic rings. The summed E-state index contributed by atoms with van der Waals surface area (Å²) in [6.07, 6.45) is 1.57. The van der Waals surface area contributed by atoms with Gasteiger partial charge in [-0.3, -0.25) is 4.79 Å². The monoisotopic (exact) mass is 177 g/mol. The lowest BCUT2D eigenvalue weighted by molar-refractivity contribution is 0.0787. The zero-order chi connectivity index (χ0) is 9.42. The van der Waals surface area contributed by atoms with Gasteiger partial charge >= 0.3 is 0 Å². The highest BCUT2D eigenvalue weighted by Gasteiger charge is 2.27. The molecule has 0 atom stereocenters. The van der Waals surface area contributed by atoms with Crippen molar-refractivity contribution in [3.05, 3.63) is 23.4 Å². The van der Waals surface area contributed by atoms with E-state index in [1.54, 1.807) is 17.2 Å². The Morgan fingerprint density at radius 2 is 2.46 bits per heavy atom. The number of nitrogens with zero attached hydrogens (tertiary/aromatic N) is 2. The number of pyridine rings is 1. The fraction of sp³-hybridized carbons (Fsp3) is 0.333. The van der Waals surface area contributed by atoms with Crippen LogP contribution in [0.25, 0.3) is 0 Å². The molecule has 0 aliphatic carbocycles. The number of nitrogens with two attached hydrogens (primary N) is 1. The number of hydrogen-bond donors (Lipinski definition) is 1. The molecule has 0 saturated carbocycles. The summed E-state index contributed by atoms with van der Waals surface area (Å²) in [7, 11) is 0. The number of hydrogen-bond acceptors (Lipinski definition) is 3. The second-order valence-electron chi connectivity index (χ2n) is 3.04. The van der Waals surface area contributed by atoms with E-state index in [1.807, 2.05) is 6.92 Å². The third kappa shape index (κ3) is 1.06. The van der Waals surface area contributed by atoms with Gasteiger partial charge in [-0.1, -0.05) is 0 Å². The molecule has 2 N–H and O–H groups in total. The third-order valence-electron chi connectivity index (χ3n) is 2.34. The molecule has 68 valence electrons. The Labute approximate surface area is 76.4 Å². The van der Waals surface area contributed by atoms with Gasteiger partial charge < -0.3 is 10.6 Å². The number of amides is 1. The van der Waals surface area contributed by atoms with Gasteiger partial charge in [-0.05, 0) is 13.0 Å². The molecule has 0 fully saturated rings. The maximum absolute atomic E-state index is 11.6. The van der Waals surface area contributed by atoms with E-state index in [-0.39, 0.29) is 5.91 Å². The summed E-state index contributed by atoms with van der Waals surface area (Å²) in [5.74, 6) is 0.536. The second kappa shape index (κ2) is 2.73. The molecular weight excluding hydrogens is 166 g/mol. The van der Waals surface area contributed by atoms with Crippen molar-refractivity contribution in [3.63, 3.8) is 0 Å². The smallest absolute Gasteiger partial charge is 0.254 e. The predicted octanol–water partition coefficient (Wildman–Crippen LogP) is 0.640. The molecule has 0 radical (unpaired) electrons. The zero-order valence-electron chi connectivity index (χ0n) is 7.45. The molecule has 0 saturated heterocycles. The molecule has 4 heteroatoms. The van der Waals surface area contributed by atoms with Gasteiger partial charge in [0.25, 0.3) is 5.91 Å². The summed E-state index contributed by atoms with van der Waals surface area (Å²) >= 11 is 0. The van der Waals surface area contributed by atoms with E-state index in [0.29, 0.717) is 24.5 Å². The van der Waals surface area contributed by atoms with Crippen LogP contribution in [0.3, 0.4) is 0 Å². The highest BCUT2D eigenvalue weighted by atomic mass is 16.2. The molecule has 1 aromatic heterocycles. The Balaban J connectivity index is 2.49. The Hall–Kier alpha value is -1.58. The van der Waals surface area contributed by atoms with E-state index in [4.69, 9.17) is 5.73 Å². The molecular formula is C9H11N3O. The summed E-state index contributed by atoms with van der Waals surface area (Å²) in [5.41, 5.74) is 7.23. The van der Waals surface area contributed by atoms with E-state index in [9.17, 15) is 4.79 Å². The largest absolute Gasteiger partial charge is 0.383 e. The lowest BCUT2D eigenvalue weighted by Gasteiger charge is -2.10. The molecule has 1 aliphatic rings. The zero-order valence-corrected chi connectivity index (χ0v) is 7.45. The molecule has 1 amide bonds. The molecule has 0 spiro atoms. The topological polar surface area (TPSA) is 59.2 Å². The quantitative estimate of drug-likeness (QED) is 0.684. The van der Waals surface area contributed by atoms with Crippen LogP contribution < -0.4 is 5.73 Å². The molecule has 2 heterocycles. The number of carbonyl (C=O) groups is 1. The maximum Gasteiger partial charge on any atom is 0.254 e. The highest BCUT2D eigenvalue weighted by molar-refractivity contribution is 5.99. The van der Waals surface area contributed by atoms with E-state index >= 15 is 0 Å². The first kappa shape index (κ1) is 8.04. The van der Waals surface area contributed by atoms with E-state index in [1.165, 1.54) is 0 Å². The van der Waals surface area contributed by atoms with E-state index in [2.05, 4.69) is 4.98 Å². The third-order valence-corrected chi connectivity index (χ3v) is 2.34. The Bertz CT molecular complexity index is 362. The highest BCUT2D eigenvalue weighted by Crippen LogP contribution is 2.25. The van der Waals surface area contributed by atoms with Crippen molar-refractivity contribution in [2.45, 2.75) is 13.5 Å². The van der Waals surface area contributed by atoms with Gasteiger partial charge in [-0.25, -0.2) is 4.98 Å². The number of carbonyl (C=O) groups excluding carboxylic acids is 1. The average molecular weight is 177 g/mol. The Morgan fingerprint density at radius 1 is 1.69 bits per heavy atom. The van der Waals surface area contributed by atoms with Crippen LogP contribution in [0.15, 0.2) is 12.3 Å². The van der Waals surface area contributed by atoms with Crippen LogP contribution in [0.1, 0.15) is 22.8 Å². The molecule has 0 aromatic carbocycles. The van der Waals surface area contributed by atoms with E-state index < -0.39 is 0 Å². The molecule has 2 rings (SSSR count). The normalized spacial score (nSPS) is 14.8. The van der Waals surface area contributed by atoms with Crippen molar-refractivity contribution in [1.29, 1.82) is 0 Å². The van der Waals surface area contributed by atoms with Crippen molar-refractivity contribution < 1.29 is 4.79 Å². The molecule has 13 heavy (non-hydrogen) atoms. The van der Waals surface area contributed by atoms with Gasteiger partial charge in [-0.2, -0.15) is 0 Å². The minimum atomic E-state index is 0.0617. The summed E-state index contributed by atoms with van der Waals surface area (Å²) in [5, 5.41) is 0. The van der Waals surface area contributed by atoms with Gasteiger partial charge in [-0.15, -0.1) is 0 Å². The van der Waals surface area contributed by atoms with Crippen LogP contribution >= 0.6 is 0 Å². The SMILES string of the molecule is CCN1Cc2c(ccnc2N)C1=O. The van der Waals surface area contributed by atoms with Crippen molar-refractivity contribution in [2.24, 2.45) is 0 Å². The molecule has 0 bridgehead atoms. The molecule has 4 nitrogen and oxygen atoms in total. The summed E-state index contributed by atoms with van der Waals surface area (Å²) in [4.78, 5) is 17.3. The fourth-order valence-electron chi connectivity index (χ4n) is 1.56. The summed E-state index contributed by atoms with van der Waals surface area (Å²) in [6.45, 7) is 3.27. The first-order valence-corrected chi connectivity index (χ1v) is 4.26. The van der Waals surface area contributed by atoms with Crippen molar-refractivity contribution in [1.82, 2.24) is 9.88 Å². The maximum atomic E-state index is 11.6. The fourth-order valence-corrected chi connectivity index (χ4v) is 1.56. The molecule has 0 unspecified atom stereocenters. The van der Waals surface area contributed by atoms with Crippen LogP contribution in [0.2, 0.25) is 0 Å². The minimum Gasteiger partial charge on any atom is -0.383 e. The van der Waals surface area contributed by atoms with Crippen LogP contribution in [0.5, 0.6) is 0 Å². The van der Waals surface area contributed by atoms with Gasteiger partial charge in [0.05, 0.1) is 6.54 Å². The molecule has 1 aliphatic heterocycles. The van der Waals surface area contributed by atoms with Crippen LogP contribution in [0, 0.1) is 0 Å². The van der Waals surface area contributed by atoms with Crippen molar-refractivity contribution >= 4 is 11.7 Å². The lowest BCUT2D eigenvalue weighted by Crippen LogP contribution is -2.22. The van der Waals surface area contributed by atoms with Gasteiger partial charge in [0.2, 0.25) is 0 Å². The summed E-state index contributed by atoms with van der Waals surface area (Å²) in [6, 6.07) is 1.73. The Morgan fingerprint density at radius 3 is 3.08 bits per heavy atom. The van der Waals surface area contributed by atoms with E-state index in [0.717, 1.165) is 5.56 Å². The number of aromatic nitrogens is 1. The standard InChI is InChI=1S/C9H11N3O/c1-2-12-5-7-6(9(12)13)3-4-11-8(7)10/h3-4H,2,5H2,1H3,(H2,10,11). The van der Waals surface area contributed by atoms with Gasteiger partial charge in [0, 0.05) is 23.9 Å². The average Bonchev–Trinajstić information content (AvgIpc) is 2.45. The van der Waals surface area contributed by atoms with Crippen molar-refractivity contribution in [2.75, 3.05) is 12.3 Å². The number of anilines is 1. The first-order valence-electron chi connectivity index (χ1n) is 4.26. The van der Waals surface area contributed by atoms with Gasteiger partial charge in [0.1, 0.15) is 5.82 Å². The second-order valence-corrected chi connectivity index (χ2v) is 3.04. The minimum absolute atomic E-state index is 0.0617. The van der Waals surface area contributed by atoms with Crippen LogP contribution in [-0.2, 0) is 6.54 Å². The van der Waals surface area contributed by atoms with Crippen molar-refractivity contribution in [3.8, 4) is 0 Å². The summed E-state index contributed by atoms with van der Waals surface area (Å²) < 4.78 is 0. The predicted molar refractivity (Wildman–Crippen MR) is 49.1 cm³/mol. The number of nitrogen functional groups attached to an aromatic ring is 1. The number of rotatable bonds is 1. The van der Waals surface area contributed by atoms with Crippen LogP contribution in [-0.4, -0.2) is 22.3 Å². The Kier molecular flexibility index (Phi) is 1.69.